The summed E-state index contributed by atoms with van der Waals surface area (Å²) in [4.78, 5) is 23.5. The van der Waals surface area contributed by atoms with Crippen molar-refractivity contribution >= 4 is 17.6 Å². The Morgan fingerprint density at radius 3 is 2.52 bits per heavy atom. The summed E-state index contributed by atoms with van der Waals surface area (Å²) in [5.41, 5.74) is -0.552. The van der Waals surface area contributed by atoms with Crippen LogP contribution < -0.4 is 5.32 Å². The SMILES string of the molecule is CCC1(C(=O)Nc2cc(C(=O)O)ccc2F)CCCCC1. The number of rotatable bonds is 4. The van der Waals surface area contributed by atoms with Crippen LogP contribution in [0.5, 0.6) is 0 Å². The molecule has 2 rings (SSSR count). The van der Waals surface area contributed by atoms with Crippen LogP contribution in [0.1, 0.15) is 55.8 Å². The number of aromatic carboxylic acids is 1. The third-order valence-electron chi connectivity index (χ3n) is 4.43. The van der Waals surface area contributed by atoms with Crippen LogP contribution in [-0.2, 0) is 4.79 Å². The summed E-state index contributed by atoms with van der Waals surface area (Å²) in [7, 11) is 0. The van der Waals surface area contributed by atoms with Crippen molar-refractivity contribution in [1.82, 2.24) is 0 Å². The molecule has 21 heavy (non-hydrogen) atoms. The number of carbonyl (C=O) groups excluding carboxylic acids is 1. The lowest BCUT2D eigenvalue weighted by Crippen LogP contribution is -2.37. The number of benzene rings is 1. The van der Waals surface area contributed by atoms with Gasteiger partial charge in [-0.3, -0.25) is 4.79 Å². The Hall–Kier alpha value is -1.91. The summed E-state index contributed by atoms with van der Waals surface area (Å²) >= 11 is 0. The lowest BCUT2D eigenvalue weighted by Gasteiger charge is -2.35. The fourth-order valence-corrected chi connectivity index (χ4v) is 2.98. The molecule has 1 fully saturated rings. The zero-order valence-electron chi connectivity index (χ0n) is 12.1. The number of carboxylic acid groups (broad SMARTS) is 1. The standard InChI is InChI=1S/C16H20FNO3/c1-2-16(8-4-3-5-9-16)15(21)18-13-10-11(14(19)20)6-7-12(13)17/h6-7,10H,2-5,8-9H2,1H3,(H,18,21)(H,19,20). The van der Waals surface area contributed by atoms with E-state index in [-0.39, 0.29) is 17.2 Å². The van der Waals surface area contributed by atoms with Crippen molar-refractivity contribution < 1.29 is 19.1 Å². The van der Waals surface area contributed by atoms with Gasteiger partial charge < -0.3 is 10.4 Å². The van der Waals surface area contributed by atoms with Crippen LogP contribution >= 0.6 is 0 Å². The molecule has 1 aromatic carbocycles. The highest BCUT2D eigenvalue weighted by Crippen LogP contribution is 2.40. The second-order valence-corrected chi connectivity index (χ2v) is 5.65. The second kappa shape index (κ2) is 6.24. The highest BCUT2D eigenvalue weighted by atomic mass is 19.1. The first kappa shape index (κ1) is 15.5. The van der Waals surface area contributed by atoms with Crippen molar-refractivity contribution in [3.63, 3.8) is 0 Å². The molecule has 0 radical (unpaired) electrons. The van der Waals surface area contributed by atoms with E-state index in [0.29, 0.717) is 6.42 Å². The van der Waals surface area contributed by atoms with Crippen LogP contribution in [0.3, 0.4) is 0 Å². The average Bonchev–Trinajstić information content (AvgIpc) is 2.49. The highest BCUT2D eigenvalue weighted by Gasteiger charge is 2.37. The van der Waals surface area contributed by atoms with E-state index in [0.717, 1.165) is 38.2 Å². The smallest absolute Gasteiger partial charge is 0.335 e. The van der Waals surface area contributed by atoms with E-state index < -0.39 is 17.2 Å². The molecule has 0 bridgehead atoms. The first-order chi connectivity index (χ1) is 9.98. The van der Waals surface area contributed by atoms with Gasteiger partial charge >= 0.3 is 5.97 Å². The fraction of sp³-hybridized carbons (Fsp3) is 0.500. The van der Waals surface area contributed by atoms with Crippen LogP contribution in [0.2, 0.25) is 0 Å². The second-order valence-electron chi connectivity index (χ2n) is 5.65. The number of nitrogens with one attached hydrogen (secondary N) is 1. The Kier molecular flexibility index (Phi) is 4.60. The predicted octanol–water partition coefficient (Wildman–Crippen LogP) is 3.82. The van der Waals surface area contributed by atoms with E-state index >= 15 is 0 Å². The van der Waals surface area contributed by atoms with Crippen molar-refractivity contribution in [2.24, 2.45) is 5.41 Å². The summed E-state index contributed by atoms with van der Waals surface area (Å²) < 4.78 is 13.8. The van der Waals surface area contributed by atoms with Gasteiger partial charge in [-0.15, -0.1) is 0 Å². The lowest BCUT2D eigenvalue weighted by molar-refractivity contribution is -0.127. The molecule has 0 aliphatic heterocycles. The fourth-order valence-electron chi connectivity index (χ4n) is 2.98. The topological polar surface area (TPSA) is 66.4 Å². The normalized spacial score (nSPS) is 17.2. The molecule has 2 N–H and O–H groups in total. The molecule has 4 nitrogen and oxygen atoms in total. The van der Waals surface area contributed by atoms with E-state index in [1.165, 1.54) is 12.1 Å². The first-order valence-electron chi connectivity index (χ1n) is 7.33. The minimum Gasteiger partial charge on any atom is -0.478 e. The minimum absolute atomic E-state index is 0.0408. The zero-order chi connectivity index (χ0) is 15.5. The van der Waals surface area contributed by atoms with Crippen LogP contribution in [0.4, 0.5) is 10.1 Å². The van der Waals surface area contributed by atoms with Crippen LogP contribution in [0, 0.1) is 11.2 Å². The molecule has 114 valence electrons. The predicted molar refractivity (Wildman–Crippen MR) is 77.8 cm³/mol. The van der Waals surface area contributed by atoms with Gasteiger partial charge in [0.05, 0.1) is 11.3 Å². The summed E-state index contributed by atoms with van der Waals surface area (Å²) in [5, 5.41) is 11.5. The Bertz CT molecular complexity index is 550. The van der Waals surface area contributed by atoms with Crippen LogP contribution in [0.25, 0.3) is 0 Å². The van der Waals surface area contributed by atoms with Crippen molar-refractivity contribution in [1.29, 1.82) is 0 Å². The number of carboxylic acids is 1. The average molecular weight is 293 g/mol. The molecule has 1 aliphatic rings. The number of carbonyl (C=O) groups is 2. The molecular weight excluding hydrogens is 273 g/mol. The van der Waals surface area contributed by atoms with Crippen molar-refractivity contribution in [3.05, 3.63) is 29.6 Å². The van der Waals surface area contributed by atoms with Crippen molar-refractivity contribution in [3.8, 4) is 0 Å². The van der Waals surface area contributed by atoms with Gasteiger partial charge in [-0.2, -0.15) is 0 Å². The van der Waals surface area contributed by atoms with E-state index in [9.17, 15) is 14.0 Å². The summed E-state index contributed by atoms with van der Waals surface area (Å²) in [6, 6.07) is 3.42. The number of halogens is 1. The summed E-state index contributed by atoms with van der Waals surface area (Å²) in [6.45, 7) is 1.97. The Morgan fingerprint density at radius 1 is 1.29 bits per heavy atom. The summed E-state index contributed by atoms with van der Waals surface area (Å²) in [6.07, 6.45) is 5.43. The molecule has 0 heterocycles. The number of hydrogen-bond donors (Lipinski definition) is 2. The maximum atomic E-state index is 13.8. The van der Waals surface area contributed by atoms with Gasteiger partial charge in [0.25, 0.3) is 0 Å². The Balaban J connectivity index is 2.22. The molecule has 0 aromatic heterocycles. The maximum Gasteiger partial charge on any atom is 0.335 e. The zero-order valence-corrected chi connectivity index (χ0v) is 12.1. The molecule has 1 amide bonds. The molecule has 1 saturated carbocycles. The van der Waals surface area contributed by atoms with Crippen LogP contribution in [0.15, 0.2) is 18.2 Å². The molecular formula is C16H20FNO3. The molecule has 5 heteroatoms. The Morgan fingerprint density at radius 2 is 1.95 bits per heavy atom. The molecule has 0 atom stereocenters. The molecule has 1 aromatic rings. The quantitative estimate of drug-likeness (QED) is 0.886. The van der Waals surface area contributed by atoms with Gasteiger partial charge in [-0.05, 0) is 37.5 Å². The third kappa shape index (κ3) is 3.23. The molecule has 0 unspecified atom stereocenters. The third-order valence-corrected chi connectivity index (χ3v) is 4.43. The van der Waals surface area contributed by atoms with Gasteiger partial charge in [-0.1, -0.05) is 26.2 Å². The molecule has 0 saturated heterocycles. The lowest BCUT2D eigenvalue weighted by atomic mass is 9.71. The molecule has 1 aliphatic carbocycles. The minimum atomic E-state index is -1.15. The van der Waals surface area contributed by atoms with Gasteiger partial charge in [0.15, 0.2) is 0 Å². The van der Waals surface area contributed by atoms with Gasteiger partial charge in [0, 0.05) is 5.41 Å². The maximum absolute atomic E-state index is 13.8. The van der Waals surface area contributed by atoms with E-state index in [4.69, 9.17) is 5.11 Å². The number of anilines is 1. The van der Waals surface area contributed by atoms with Gasteiger partial charge in [-0.25, -0.2) is 9.18 Å². The van der Waals surface area contributed by atoms with Gasteiger partial charge in [0.2, 0.25) is 5.91 Å². The number of hydrogen-bond acceptors (Lipinski definition) is 2. The van der Waals surface area contributed by atoms with Crippen LogP contribution in [-0.4, -0.2) is 17.0 Å². The first-order valence-corrected chi connectivity index (χ1v) is 7.33. The summed E-state index contributed by atoms with van der Waals surface area (Å²) in [5.74, 6) is -1.96. The largest absolute Gasteiger partial charge is 0.478 e. The highest BCUT2D eigenvalue weighted by molar-refractivity contribution is 5.97. The van der Waals surface area contributed by atoms with E-state index in [1.807, 2.05) is 6.92 Å². The monoisotopic (exact) mass is 293 g/mol. The number of amides is 1. The van der Waals surface area contributed by atoms with Gasteiger partial charge in [0.1, 0.15) is 5.82 Å². The Labute approximate surface area is 123 Å². The van der Waals surface area contributed by atoms with Crippen molar-refractivity contribution in [2.75, 3.05) is 5.32 Å². The van der Waals surface area contributed by atoms with E-state index in [2.05, 4.69) is 5.32 Å². The van der Waals surface area contributed by atoms with E-state index in [1.54, 1.807) is 0 Å². The van der Waals surface area contributed by atoms with Crippen molar-refractivity contribution in [2.45, 2.75) is 45.4 Å². The molecule has 0 spiro atoms.